The van der Waals surface area contributed by atoms with Gasteiger partial charge in [-0.05, 0) is 108 Å². The molecule has 0 saturated carbocycles. The van der Waals surface area contributed by atoms with Crippen molar-refractivity contribution in [2.75, 3.05) is 0 Å². The van der Waals surface area contributed by atoms with E-state index in [1.165, 1.54) is 71.2 Å². The second-order valence-electron chi connectivity index (χ2n) is 12.9. The Balaban J connectivity index is 1.15. The van der Waals surface area contributed by atoms with E-state index < -0.39 is 0 Å². The number of para-hydroxylation sites is 2. The highest BCUT2D eigenvalue weighted by atomic mass is 32.1. The maximum Gasteiger partial charge on any atom is 0.145 e. The van der Waals surface area contributed by atoms with E-state index in [9.17, 15) is 5.26 Å². The molecule has 1 aliphatic rings. The molecule has 1 aromatic heterocycles. The van der Waals surface area contributed by atoms with Crippen LogP contribution >= 0.6 is 11.4 Å². The number of hydrogen-bond donors (Lipinski definition) is 1. The molecule has 238 valence electrons. The number of imidazole rings is 1. The van der Waals surface area contributed by atoms with E-state index >= 15 is 0 Å². The monoisotopic (exact) mass is 667 g/mol. The van der Waals surface area contributed by atoms with Gasteiger partial charge in [-0.1, -0.05) is 121 Å². The van der Waals surface area contributed by atoms with Crippen molar-refractivity contribution in [2.24, 2.45) is 0 Å². The first kappa shape index (κ1) is 29.4. The molecule has 0 unspecified atom stereocenters. The van der Waals surface area contributed by atoms with Gasteiger partial charge >= 0.3 is 0 Å². The predicted octanol–water partition coefficient (Wildman–Crippen LogP) is 11.9. The summed E-state index contributed by atoms with van der Waals surface area (Å²) in [5.74, 6) is 0.842. The Kier molecular flexibility index (Phi) is 6.80. The van der Waals surface area contributed by atoms with Crippen LogP contribution in [0.3, 0.4) is 0 Å². The molecular formula is C47H29N3S. The topological polar surface area (TPSA) is 41.6 Å². The number of thiol groups is 1. The van der Waals surface area contributed by atoms with Crippen LogP contribution in [0.1, 0.15) is 11.1 Å². The summed E-state index contributed by atoms with van der Waals surface area (Å²) in [7, 11) is 0. The van der Waals surface area contributed by atoms with Crippen molar-refractivity contribution in [2.45, 2.75) is 4.90 Å². The van der Waals surface area contributed by atoms with Gasteiger partial charge in [0.15, 0.2) is 0 Å². The maximum atomic E-state index is 9.64. The minimum absolute atomic E-state index is 0.618. The van der Waals surface area contributed by atoms with E-state index in [4.69, 9.17) is 4.98 Å². The van der Waals surface area contributed by atoms with Crippen molar-refractivity contribution in [3.05, 3.63) is 175 Å². The number of nitrogens with zero attached hydrogens (tertiary/aromatic N) is 3. The lowest BCUT2D eigenvalue weighted by Gasteiger charge is -2.20. The molecule has 0 bridgehead atoms. The highest BCUT2D eigenvalue weighted by Gasteiger charge is 2.20. The van der Waals surface area contributed by atoms with Crippen LogP contribution in [-0.4, -0.2) is 14.9 Å². The van der Waals surface area contributed by atoms with Gasteiger partial charge in [0.2, 0.25) is 0 Å². The Hall–Kier alpha value is -6.54. The van der Waals surface area contributed by atoms with Crippen LogP contribution < -0.4 is 0 Å². The van der Waals surface area contributed by atoms with Crippen LogP contribution in [0.15, 0.2) is 169 Å². The number of aromatic nitrogens is 2. The fourth-order valence-electron chi connectivity index (χ4n) is 7.75. The normalized spacial score (nSPS) is 12.0. The molecule has 0 saturated heterocycles. The third kappa shape index (κ3) is 4.75. The highest BCUT2D eigenvalue weighted by Crippen LogP contribution is 2.46. The van der Waals surface area contributed by atoms with Crippen molar-refractivity contribution >= 4 is 49.3 Å². The summed E-state index contributed by atoms with van der Waals surface area (Å²) in [6, 6.07) is 60.4. The number of nitriles is 1. The summed E-state index contributed by atoms with van der Waals surface area (Å²) >= 11 is 1.23. The van der Waals surface area contributed by atoms with Crippen LogP contribution in [-0.2, 0) is 0 Å². The van der Waals surface area contributed by atoms with Gasteiger partial charge in [0.25, 0.3) is 0 Å². The Labute approximate surface area is 299 Å². The lowest BCUT2D eigenvalue weighted by Crippen LogP contribution is -1.98. The highest BCUT2D eigenvalue weighted by molar-refractivity contribution is 7.98. The Morgan fingerprint density at radius 2 is 1.16 bits per heavy atom. The molecule has 0 aliphatic carbocycles. The zero-order valence-corrected chi connectivity index (χ0v) is 28.3. The average molecular weight is 668 g/mol. The van der Waals surface area contributed by atoms with Gasteiger partial charge in [0.1, 0.15) is 5.82 Å². The zero-order chi connectivity index (χ0) is 33.9. The fourth-order valence-corrected chi connectivity index (χ4v) is 8.73. The molecule has 51 heavy (non-hydrogen) atoms. The van der Waals surface area contributed by atoms with Crippen LogP contribution in [0.25, 0.3) is 83.0 Å². The molecule has 8 aromatic carbocycles. The van der Waals surface area contributed by atoms with Crippen LogP contribution in [0.5, 0.6) is 0 Å². The number of hydrogen-bond acceptors (Lipinski definition) is 2. The van der Waals surface area contributed by atoms with Crippen LogP contribution in [0, 0.1) is 11.3 Å². The van der Waals surface area contributed by atoms with E-state index in [1.807, 2.05) is 42.5 Å². The molecule has 0 amide bonds. The first-order valence-electron chi connectivity index (χ1n) is 17.1. The lowest BCUT2D eigenvalue weighted by atomic mass is 9.85. The van der Waals surface area contributed by atoms with Crippen molar-refractivity contribution < 1.29 is 0 Å². The van der Waals surface area contributed by atoms with Crippen molar-refractivity contribution in [1.82, 2.24) is 9.55 Å². The lowest BCUT2D eigenvalue weighted by molar-refractivity contribution is 1.10. The van der Waals surface area contributed by atoms with Crippen LogP contribution in [0.4, 0.5) is 0 Å². The summed E-state index contributed by atoms with van der Waals surface area (Å²) in [6.45, 7) is 0. The largest absolute Gasteiger partial charge is 0.292 e. The summed E-state index contributed by atoms with van der Waals surface area (Å²) in [5, 5.41) is 16.9. The first-order chi connectivity index (χ1) is 25.2. The molecule has 2 heterocycles. The number of rotatable bonds is 4. The fraction of sp³-hybridized carbons (Fsp3) is 0. The molecule has 3 nitrogen and oxygen atoms in total. The smallest absolute Gasteiger partial charge is 0.145 e. The van der Waals surface area contributed by atoms with Gasteiger partial charge in [-0.3, -0.25) is 4.57 Å². The minimum atomic E-state index is 0.618. The maximum absolute atomic E-state index is 9.64. The molecule has 0 N–H and O–H groups in total. The molecule has 9 aromatic rings. The number of fused-ring (bicyclic) bond motifs is 6. The van der Waals surface area contributed by atoms with Crippen molar-refractivity contribution in [3.63, 3.8) is 0 Å². The van der Waals surface area contributed by atoms with E-state index in [-0.39, 0.29) is 0 Å². The molecule has 0 spiro atoms. The van der Waals surface area contributed by atoms with Crippen molar-refractivity contribution in [3.8, 4) is 56.5 Å². The summed E-state index contributed by atoms with van der Waals surface area (Å²) in [6.07, 6.45) is 0. The van der Waals surface area contributed by atoms with Gasteiger partial charge in [-0.2, -0.15) is 16.6 Å². The van der Waals surface area contributed by atoms with Gasteiger partial charge in [0.05, 0.1) is 22.7 Å². The van der Waals surface area contributed by atoms with E-state index in [0.717, 1.165) is 33.7 Å². The van der Waals surface area contributed by atoms with Gasteiger partial charge in [0, 0.05) is 16.1 Å². The molecule has 0 fully saturated rings. The summed E-state index contributed by atoms with van der Waals surface area (Å²) < 4.78 is 2.15. The molecule has 10 rings (SSSR count). The second kappa shape index (κ2) is 11.8. The van der Waals surface area contributed by atoms with Gasteiger partial charge in [-0.25, -0.2) is 4.98 Å². The first-order valence-corrected chi connectivity index (χ1v) is 18.0. The van der Waals surface area contributed by atoms with Gasteiger partial charge < -0.3 is 0 Å². The van der Waals surface area contributed by atoms with Crippen molar-refractivity contribution in [1.29, 1.82) is 5.26 Å². The van der Waals surface area contributed by atoms with E-state index in [1.54, 1.807) is 0 Å². The number of benzene rings is 8. The van der Waals surface area contributed by atoms with Gasteiger partial charge in [-0.15, -0.1) is 0 Å². The quantitative estimate of drug-likeness (QED) is 0.115. The Bertz CT molecular complexity index is 2870. The Morgan fingerprint density at radius 3 is 1.90 bits per heavy atom. The molecule has 0 atom stereocenters. The average Bonchev–Trinajstić information content (AvgIpc) is 3.59. The van der Waals surface area contributed by atoms with Crippen LogP contribution in [0.2, 0.25) is 0 Å². The second-order valence-corrected chi connectivity index (χ2v) is 13.9. The molecule has 4 heteroatoms. The summed E-state index contributed by atoms with van der Waals surface area (Å²) in [4.78, 5) is 6.43. The van der Waals surface area contributed by atoms with E-state index in [0.29, 0.717) is 5.56 Å². The Morgan fingerprint density at radius 1 is 0.529 bits per heavy atom. The van der Waals surface area contributed by atoms with E-state index in [2.05, 4.69) is 137 Å². The predicted molar refractivity (Wildman–Crippen MR) is 215 cm³/mol. The third-order valence-corrected chi connectivity index (χ3v) is 11.1. The molecule has 1 aliphatic heterocycles. The third-order valence-electron chi connectivity index (χ3n) is 10.0. The summed E-state index contributed by atoms with van der Waals surface area (Å²) in [5.41, 5.74) is 13.2. The standard InChI is InChI=1S/C47H29N3S/c48-28-30-10-9-12-35(26-30)50-43-19-8-7-18-42(43)49-47(50)32-22-20-31(21-23-32)45-37-14-3-5-16-39(37)46(40-17-6-4-15-38(40)45)33-24-25-44-41(27-33)36-13-2-1-11-34(36)29-51-44/h1-27,29,51H. The zero-order valence-electron chi connectivity index (χ0n) is 27.5. The minimum Gasteiger partial charge on any atom is -0.292 e. The SMILES string of the molecule is N#Cc1cccc(-n2c(-c3ccc(-c4c5ccccc5c(-c5ccc6c(c5)-c5ccccc5C=[SH]6)c5ccccc45)cc3)nc3ccccc32)c1. The molecule has 0 radical (unpaired) electrons. The molecular weight excluding hydrogens is 639 g/mol.